The van der Waals surface area contributed by atoms with Gasteiger partial charge in [0.25, 0.3) is 0 Å². The highest BCUT2D eigenvalue weighted by Gasteiger charge is 2.33. The van der Waals surface area contributed by atoms with Crippen molar-refractivity contribution in [3.05, 3.63) is 22.2 Å². The van der Waals surface area contributed by atoms with Crippen LogP contribution in [-0.4, -0.2) is 11.5 Å². The summed E-state index contributed by atoms with van der Waals surface area (Å²) >= 11 is 2.88. The van der Waals surface area contributed by atoms with Crippen molar-refractivity contribution in [1.29, 1.82) is 0 Å². The van der Waals surface area contributed by atoms with E-state index in [9.17, 15) is 13.2 Å². The van der Waals surface area contributed by atoms with Crippen LogP contribution in [0.1, 0.15) is 5.56 Å². The van der Waals surface area contributed by atoms with Gasteiger partial charge < -0.3 is 15.6 Å². The van der Waals surface area contributed by atoms with Gasteiger partial charge in [-0.1, -0.05) is 0 Å². The van der Waals surface area contributed by atoms with E-state index in [0.717, 1.165) is 0 Å². The zero-order chi connectivity index (χ0) is 11.6. The Bertz CT molecular complexity index is 344. The Hall–Kier alpha value is -0.950. The summed E-state index contributed by atoms with van der Waals surface area (Å²) in [6.45, 7) is -0.310. The van der Waals surface area contributed by atoms with Gasteiger partial charge in [0.1, 0.15) is 0 Å². The lowest BCUT2D eigenvalue weighted by atomic mass is 10.2. The summed E-state index contributed by atoms with van der Waals surface area (Å²) in [5.41, 5.74) is 5.55. The molecule has 0 unspecified atom stereocenters. The lowest BCUT2D eigenvalue weighted by molar-refractivity contribution is -0.274. The van der Waals surface area contributed by atoms with Gasteiger partial charge >= 0.3 is 6.36 Å². The van der Waals surface area contributed by atoms with Crippen LogP contribution in [0.25, 0.3) is 0 Å². The summed E-state index contributed by atoms with van der Waals surface area (Å²) < 4.78 is 39.6. The number of ether oxygens (including phenoxy) is 1. The fraction of sp³-hybridized carbons (Fsp3) is 0.250. The van der Waals surface area contributed by atoms with Gasteiger partial charge in [0.2, 0.25) is 0 Å². The fourth-order valence-corrected chi connectivity index (χ4v) is 1.59. The van der Waals surface area contributed by atoms with Gasteiger partial charge in [-0.05, 0) is 33.6 Å². The summed E-state index contributed by atoms with van der Waals surface area (Å²) in [6.07, 6.45) is -4.79. The first-order valence-electron chi connectivity index (χ1n) is 3.78. The Labute approximate surface area is 91.8 Å². The van der Waals surface area contributed by atoms with Crippen LogP contribution in [0.5, 0.6) is 5.75 Å². The van der Waals surface area contributed by atoms with Gasteiger partial charge in [-0.2, -0.15) is 0 Å². The molecule has 0 aromatic heterocycles. The topological polar surface area (TPSA) is 55.5 Å². The Balaban J connectivity index is 3.09. The molecule has 0 bridgehead atoms. The molecule has 0 saturated heterocycles. The van der Waals surface area contributed by atoms with Crippen LogP contribution >= 0.6 is 15.9 Å². The molecule has 1 rings (SSSR count). The molecule has 0 fully saturated rings. The van der Waals surface area contributed by atoms with E-state index >= 15 is 0 Å². The van der Waals surface area contributed by atoms with Gasteiger partial charge in [-0.25, -0.2) is 0 Å². The smallest absolute Gasteiger partial charge is 0.402 e. The maximum absolute atomic E-state index is 11.9. The second-order valence-electron chi connectivity index (χ2n) is 2.70. The standard InChI is InChI=1S/C8H7BrF3NO2/c9-5-1-4(3-14)2-6(13)7(5)15-8(10,11)12/h1-2,14H,3,13H2. The quantitative estimate of drug-likeness (QED) is 0.821. The number of anilines is 1. The number of hydrogen-bond acceptors (Lipinski definition) is 3. The van der Waals surface area contributed by atoms with Crippen molar-refractivity contribution in [1.82, 2.24) is 0 Å². The van der Waals surface area contributed by atoms with Crippen LogP contribution in [0.3, 0.4) is 0 Å². The van der Waals surface area contributed by atoms with Gasteiger partial charge in [0.05, 0.1) is 16.8 Å². The molecule has 0 atom stereocenters. The molecule has 84 valence electrons. The van der Waals surface area contributed by atoms with E-state index in [1.54, 1.807) is 0 Å². The van der Waals surface area contributed by atoms with Crippen LogP contribution in [0.15, 0.2) is 16.6 Å². The Morgan fingerprint density at radius 2 is 2.00 bits per heavy atom. The average molecular weight is 286 g/mol. The number of hydrogen-bond donors (Lipinski definition) is 2. The van der Waals surface area contributed by atoms with Crippen LogP contribution in [0.4, 0.5) is 18.9 Å². The first kappa shape index (κ1) is 12.1. The van der Waals surface area contributed by atoms with E-state index in [1.807, 2.05) is 0 Å². The number of benzene rings is 1. The van der Waals surface area contributed by atoms with E-state index in [4.69, 9.17) is 10.8 Å². The molecular weight excluding hydrogens is 279 g/mol. The minimum absolute atomic E-state index is 0.0453. The highest BCUT2D eigenvalue weighted by Crippen LogP contribution is 2.36. The molecule has 1 aromatic rings. The van der Waals surface area contributed by atoms with Crippen molar-refractivity contribution in [2.24, 2.45) is 0 Å². The fourth-order valence-electron chi connectivity index (χ4n) is 0.988. The second-order valence-corrected chi connectivity index (χ2v) is 3.56. The van der Waals surface area contributed by atoms with Crippen LogP contribution < -0.4 is 10.5 Å². The summed E-state index contributed by atoms with van der Waals surface area (Å²) in [6, 6.07) is 2.52. The second kappa shape index (κ2) is 4.28. The molecule has 0 saturated carbocycles. The van der Waals surface area contributed by atoms with Crippen LogP contribution in [0.2, 0.25) is 0 Å². The van der Waals surface area contributed by atoms with Crippen molar-refractivity contribution in [3.63, 3.8) is 0 Å². The molecule has 0 aliphatic heterocycles. The van der Waals surface area contributed by atoms with E-state index in [-0.39, 0.29) is 16.8 Å². The minimum Gasteiger partial charge on any atom is -0.402 e. The Kier molecular flexibility index (Phi) is 3.46. The lowest BCUT2D eigenvalue weighted by Crippen LogP contribution is -2.18. The molecule has 0 aliphatic rings. The van der Waals surface area contributed by atoms with Gasteiger partial charge in [0.15, 0.2) is 5.75 Å². The predicted molar refractivity (Wildman–Crippen MR) is 51.2 cm³/mol. The first-order valence-corrected chi connectivity index (χ1v) is 4.57. The van der Waals surface area contributed by atoms with Crippen molar-refractivity contribution in [2.75, 3.05) is 5.73 Å². The highest BCUT2D eigenvalue weighted by atomic mass is 79.9. The maximum Gasteiger partial charge on any atom is 0.573 e. The van der Waals surface area contributed by atoms with Crippen molar-refractivity contribution in [2.45, 2.75) is 13.0 Å². The Morgan fingerprint density at radius 1 is 1.40 bits per heavy atom. The van der Waals surface area contributed by atoms with Crippen molar-refractivity contribution < 1.29 is 23.0 Å². The molecule has 3 N–H and O–H groups in total. The SMILES string of the molecule is Nc1cc(CO)cc(Br)c1OC(F)(F)F. The molecule has 1 aromatic carbocycles. The zero-order valence-corrected chi connectivity index (χ0v) is 8.89. The predicted octanol–water partition coefficient (Wildman–Crippen LogP) is 2.42. The number of rotatable bonds is 2. The molecule has 0 spiro atoms. The third-order valence-electron chi connectivity index (χ3n) is 1.53. The van der Waals surface area contributed by atoms with Gasteiger partial charge in [-0.15, -0.1) is 13.2 Å². The summed E-state index contributed by atoms with van der Waals surface area (Å²) in [7, 11) is 0. The molecule has 0 heterocycles. The molecule has 15 heavy (non-hydrogen) atoms. The first-order chi connectivity index (χ1) is 6.83. The molecule has 0 radical (unpaired) electrons. The third-order valence-corrected chi connectivity index (χ3v) is 2.12. The number of aliphatic hydroxyl groups is 1. The van der Waals surface area contributed by atoms with E-state index in [0.29, 0.717) is 5.56 Å². The molecule has 0 amide bonds. The lowest BCUT2D eigenvalue weighted by Gasteiger charge is -2.13. The highest BCUT2D eigenvalue weighted by molar-refractivity contribution is 9.10. The van der Waals surface area contributed by atoms with E-state index < -0.39 is 12.1 Å². The third kappa shape index (κ3) is 3.28. The number of halogens is 4. The van der Waals surface area contributed by atoms with Gasteiger partial charge in [0, 0.05) is 0 Å². The molecular formula is C8H7BrF3NO2. The maximum atomic E-state index is 11.9. The largest absolute Gasteiger partial charge is 0.573 e. The number of alkyl halides is 3. The zero-order valence-electron chi connectivity index (χ0n) is 7.31. The summed E-state index contributed by atoms with van der Waals surface area (Å²) in [4.78, 5) is 0. The molecule has 3 nitrogen and oxygen atoms in total. The summed E-state index contributed by atoms with van der Waals surface area (Å²) in [5.74, 6) is -0.500. The summed E-state index contributed by atoms with van der Waals surface area (Å²) in [5, 5.41) is 8.77. The number of nitrogen functional groups attached to an aromatic ring is 1. The van der Waals surface area contributed by atoms with Gasteiger partial charge in [-0.3, -0.25) is 0 Å². The molecule has 0 aliphatic carbocycles. The van der Waals surface area contributed by atoms with Crippen molar-refractivity contribution in [3.8, 4) is 5.75 Å². The van der Waals surface area contributed by atoms with Crippen LogP contribution in [-0.2, 0) is 6.61 Å². The number of nitrogens with two attached hydrogens (primary N) is 1. The molecule has 7 heteroatoms. The average Bonchev–Trinajstić information content (AvgIpc) is 2.09. The van der Waals surface area contributed by atoms with Crippen molar-refractivity contribution >= 4 is 21.6 Å². The minimum atomic E-state index is -4.79. The van der Waals surface area contributed by atoms with E-state index in [1.165, 1.54) is 12.1 Å². The van der Waals surface area contributed by atoms with Crippen LogP contribution in [0, 0.1) is 0 Å². The normalized spacial score (nSPS) is 11.5. The monoisotopic (exact) mass is 285 g/mol. The Morgan fingerprint density at radius 3 is 2.40 bits per heavy atom. The van der Waals surface area contributed by atoms with E-state index in [2.05, 4.69) is 20.7 Å². The number of aliphatic hydroxyl groups excluding tert-OH is 1.